The molecule has 0 aliphatic heterocycles. The Balaban J connectivity index is 2.44. The van der Waals surface area contributed by atoms with Gasteiger partial charge in [0.2, 0.25) is 0 Å². The van der Waals surface area contributed by atoms with Gasteiger partial charge in [0.15, 0.2) is 11.1 Å². The zero-order valence-corrected chi connectivity index (χ0v) is 12.1. The van der Waals surface area contributed by atoms with E-state index in [9.17, 15) is 0 Å². The van der Waals surface area contributed by atoms with Gasteiger partial charge in [-0.3, -0.25) is 4.98 Å². The lowest BCUT2D eigenvalue weighted by molar-refractivity contribution is 0.126. The summed E-state index contributed by atoms with van der Waals surface area (Å²) < 4.78 is 4.97. The van der Waals surface area contributed by atoms with Crippen molar-refractivity contribution in [1.29, 1.82) is 0 Å². The summed E-state index contributed by atoms with van der Waals surface area (Å²) in [5.41, 5.74) is 7.71. The Kier molecular flexibility index (Phi) is 6.17. The number of aryl methyl sites for hydroxylation is 1. The molecule has 1 heterocycles. The number of nitrogens with one attached hydrogen (secondary N) is 2. The van der Waals surface area contributed by atoms with E-state index in [0.717, 1.165) is 11.3 Å². The number of guanidine groups is 1. The number of rotatable bonds is 4. The molecule has 0 aromatic carbocycles. The van der Waals surface area contributed by atoms with Crippen molar-refractivity contribution in [3.63, 3.8) is 0 Å². The Bertz CT molecular complexity index is 463. The van der Waals surface area contributed by atoms with Crippen LogP contribution in [0.4, 0.5) is 0 Å². The van der Waals surface area contributed by atoms with Crippen LogP contribution in [0.15, 0.2) is 23.3 Å². The normalized spacial score (nSPS) is 12.9. The maximum Gasteiger partial charge on any atom is 0.197 e. The minimum atomic E-state index is -0.312. The highest BCUT2D eigenvalue weighted by atomic mass is 32.1. The Hall–Kier alpha value is -1.73. The maximum absolute atomic E-state index is 5.67. The van der Waals surface area contributed by atoms with Crippen molar-refractivity contribution < 1.29 is 4.74 Å². The molecule has 0 fully saturated rings. The van der Waals surface area contributed by atoms with Crippen LogP contribution in [0, 0.1) is 6.92 Å². The summed E-state index contributed by atoms with van der Waals surface area (Å²) in [7, 11) is 1.56. The van der Waals surface area contributed by atoms with Gasteiger partial charge >= 0.3 is 0 Å². The van der Waals surface area contributed by atoms with Gasteiger partial charge in [-0.15, -0.1) is 0 Å². The molecule has 1 aromatic rings. The fourth-order valence-electron chi connectivity index (χ4n) is 1.31. The van der Waals surface area contributed by atoms with Crippen molar-refractivity contribution in [3.05, 3.63) is 29.6 Å². The van der Waals surface area contributed by atoms with Crippen molar-refractivity contribution in [2.45, 2.75) is 26.6 Å². The van der Waals surface area contributed by atoms with Gasteiger partial charge in [0.1, 0.15) is 6.23 Å². The Morgan fingerprint density at radius 1 is 1.63 bits per heavy atom. The summed E-state index contributed by atoms with van der Waals surface area (Å²) in [6, 6.07) is 3.89. The van der Waals surface area contributed by atoms with Crippen molar-refractivity contribution in [1.82, 2.24) is 15.6 Å². The van der Waals surface area contributed by atoms with Gasteiger partial charge in [-0.25, -0.2) is 4.99 Å². The lowest BCUT2D eigenvalue weighted by atomic mass is 10.2. The van der Waals surface area contributed by atoms with Crippen molar-refractivity contribution >= 4 is 23.3 Å². The first-order chi connectivity index (χ1) is 9.02. The number of hydrogen-bond donors (Lipinski definition) is 3. The third kappa shape index (κ3) is 5.62. The molecule has 0 aliphatic carbocycles. The summed E-state index contributed by atoms with van der Waals surface area (Å²) in [6.07, 6.45) is 1.43. The van der Waals surface area contributed by atoms with E-state index in [1.165, 1.54) is 0 Å². The molecule has 0 amide bonds. The number of nitrogens with zero attached hydrogens (tertiary/aromatic N) is 2. The molecule has 19 heavy (non-hydrogen) atoms. The minimum absolute atomic E-state index is 0.213. The predicted octanol–water partition coefficient (Wildman–Crippen LogP) is 0.661. The highest BCUT2D eigenvalue weighted by Crippen LogP contribution is 2.01. The van der Waals surface area contributed by atoms with Crippen LogP contribution < -0.4 is 16.4 Å². The molecule has 0 saturated carbocycles. The van der Waals surface area contributed by atoms with Crippen LogP contribution in [0.2, 0.25) is 0 Å². The first-order valence-corrected chi connectivity index (χ1v) is 6.25. The third-order valence-corrected chi connectivity index (χ3v) is 2.68. The second-order valence-electron chi connectivity index (χ2n) is 3.92. The van der Waals surface area contributed by atoms with E-state index in [1.807, 2.05) is 19.1 Å². The van der Waals surface area contributed by atoms with Crippen LogP contribution >= 0.6 is 12.2 Å². The van der Waals surface area contributed by atoms with E-state index >= 15 is 0 Å². The molecule has 0 radical (unpaired) electrons. The zero-order valence-electron chi connectivity index (χ0n) is 11.3. The van der Waals surface area contributed by atoms with E-state index in [2.05, 4.69) is 20.6 Å². The van der Waals surface area contributed by atoms with Crippen LogP contribution in [-0.2, 0) is 11.3 Å². The Labute approximate surface area is 118 Å². The molecule has 6 nitrogen and oxygen atoms in total. The number of hydrogen-bond acceptors (Lipinski definition) is 4. The fraction of sp³-hybridized carbons (Fsp3) is 0.417. The van der Waals surface area contributed by atoms with E-state index in [-0.39, 0.29) is 12.2 Å². The summed E-state index contributed by atoms with van der Waals surface area (Å²) in [5.74, 6) is 0.213. The van der Waals surface area contributed by atoms with E-state index in [4.69, 9.17) is 22.7 Å². The molecule has 0 saturated heterocycles. The Morgan fingerprint density at radius 3 is 3.00 bits per heavy atom. The third-order valence-electron chi connectivity index (χ3n) is 2.44. The number of aliphatic imine (C=N–C) groups is 1. The predicted molar refractivity (Wildman–Crippen MR) is 79.6 cm³/mol. The molecular formula is C12H19N5OS. The number of thiocarbonyl (C=S) groups is 1. The second-order valence-corrected chi connectivity index (χ2v) is 4.33. The monoisotopic (exact) mass is 281 g/mol. The molecule has 7 heteroatoms. The van der Waals surface area contributed by atoms with Crippen LogP contribution in [0.25, 0.3) is 0 Å². The van der Waals surface area contributed by atoms with Crippen LogP contribution in [-0.4, -0.2) is 29.4 Å². The molecule has 1 atom stereocenters. The molecule has 4 N–H and O–H groups in total. The van der Waals surface area contributed by atoms with Gasteiger partial charge < -0.3 is 21.1 Å². The van der Waals surface area contributed by atoms with Gasteiger partial charge in [0.25, 0.3) is 0 Å². The number of aromatic nitrogens is 1. The largest absolute Gasteiger partial charge is 0.370 e. The van der Waals surface area contributed by atoms with Crippen LogP contribution in [0.5, 0.6) is 0 Å². The van der Waals surface area contributed by atoms with Crippen molar-refractivity contribution in [2.75, 3.05) is 7.11 Å². The van der Waals surface area contributed by atoms with Crippen LogP contribution in [0.3, 0.4) is 0 Å². The number of methoxy groups -OCH3 is 1. The fourth-order valence-corrected chi connectivity index (χ4v) is 1.49. The molecule has 104 valence electrons. The average Bonchev–Trinajstić information content (AvgIpc) is 2.37. The van der Waals surface area contributed by atoms with Gasteiger partial charge in [0.05, 0.1) is 12.2 Å². The molecule has 0 aliphatic rings. The number of pyridine rings is 1. The lowest BCUT2D eigenvalue weighted by Gasteiger charge is -2.11. The molecule has 1 aromatic heterocycles. The topological polar surface area (TPSA) is 84.6 Å². The maximum atomic E-state index is 5.67. The highest BCUT2D eigenvalue weighted by Gasteiger charge is 2.03. The minimum Gasteiger partial charge on any atom is -0.370 e. The molecular weight excluding hydrogens is 262 g/mol. The SMILES string of the molecule is COC(C)/N=C(/N)NC(=S)NCc1ncccc1C. The summed E-state index contributed by atoms with van der Waals surface area (Å²) in [5, 5.41) is 6.19. The summed E-state index contributed by atoms with van der Waals surface area (Å²) in [4.78, 5) is 8.29. The number of nitrogens with two attached hydrogens (primary N) is 1. The van der Waals surface area contributed by atoms with Gasteiger partial charge in [-0.2, -0.15) is 0 Å². The first kappa shape index (κ1) is 15.3. The van der Waals surface area contributed by atoms with Gasteiger partial charge in [0, 0.05) is 13.3 Å². The molecule has 1 unspecified atom stereocenters. The highest BCUT2D eigenvalue weighted by molar-refractivity contribution is 7.80. The smallest absolute Gasteiger partial charge is 0.197 e. The van der Waals surface area contributed by atoms with E-state index in [1.54, 1.807) is 20.2 Å². The first-order valence-electron chi connectivity index (χ1n) is 5.84. The number of ether oxygens (including phenoxy) is 1. The van der Waals surface area contributed by atoms with Crippen molar-refractivity contribution in [2.24, 2.45) is 10.7 Å². The summed E-state index contributed by atoms with van der Waals surface area (Å²) >= 11 is 5.11. The average molecular weight is 281 g/mol. The molecule has 1 rings (SSSR count). The Morgan fingerprint density at radius 2 is 2.37 bits per heavy atom. The van der Waals surface area contributed by atoms with Gasteiger partial charge in [-0.05, 0) is 37.7 Å². The standard InChI is InChI=1S/C12H19N5OS/c1-8-5-4-6-14-10(8)7-15-12(19)17-11(13)16-9(2)18-3/h4-6,9H,7H2,1-3H3,(H4,13,15,16,17,19). The summed E-state index contributed by atoms with van der Waals surface area (Å²) in [6.45, 7) is 4.31. The van der Waals surface area contributed by atoms with E-state index < -0.39 is 0 Å². The second kappa shape index (κ2) is 7.65. The lowest BCUT2D eigenvalue weighted by Crippen LogP contribution is -2.43. The van der Waals surface area contributed by atoms with Crippen molar-refractivity contribution in [3.8, 4) is 0 Å². The quantitative estimate of drug-likeness (QED) is 0.427. The molecule has 0 spiro atoms. The zero-order chi connectivity index (χ0) is 14.3. The van der Waals surface area contributed by atoms with Crippen LogP contribution in [0.1, 0.15) is 18.2 Å². The van der Waals surface area contributed by atoms with E-state index in [0.29, 0.717) is 11.7 Å². The van der Waals surface area contributed by atoms with Gasteiger partial charge in [-0.1, -0.05) is 6.07 Å². The molecule has 0 bridgehead atoms.